The van der Waals surface area contributed by atoms with Gasteiger partial charge in [-0.25, -0.2) is 4.98 Å². The number of aromatic amines is 1. The Morgan fingerprint density at radius 1 is 1.19 bits per heavy atom. The fourth-order valence-electron chi connectivity index (χ4n) is 1.05. The van der Waals surface area contributed by atoms with Crippen LogP contribution in [0, 0.1) is 13.8 Å². The molecule has 0 aliphatic heterocycles. The van der Waals surface area contributed by atoms with E-state index < -0.39 is 0 Å². The van der Waals surface area contributed by atoms with Gasteiger partial charge in [-0.2, -0.15) is 0 Å². The maximum absolute atomic E-state index is 10.4. The van der Waals surface area contributed by atoms with E-state index in [9.17, 15) is 4.79 Å². The van der Waals surface area contributed by atoms with Gasteiger partial charge < -0.3 is 4.98 Å². The van der Waals surface area contributed by atoms with Gasteiger partial charge in [-0.1, -0.05) is 11.6 Å². The molecule has 2 rings (SSSR count). The maximum Gasteiger partial charge on any atom is 0.248 e. The van der Waals surface area contributed by atoms with Crippen LogP contribution >= 0.6 is 11.6 Å². The molecular formula is C12H13ClN2O. The van der Waals surface area contributed by atoms with Gasteiger partial charge in [0.15, 0.2) is 0 Å². The standard InChI is InChI=1S/C6H6ClN.C6H7NO/c1-5-2-3-8-6(7)4-5;1-5-2-3-7-6(8)4-5/h2-4H,1H3;2-4H,1H3,(H,7,8). The maximum atomic E-state index is 10.4. The second kappa shape index (κ2) is 6.08. The van der Waals surface area contributed by atoms with Crippen molar-refractivity contribution in [2.24, 2.45) is 0 Å². The van der Waals surface area contributed by atoms with Crippen LogP contribution in [0.15, 0.2) is 41.5 Å². The van der Waals surface area contributed by atoms with Gasteiger partial charge in [0, 0.05) is 18.5 Å². The Kier molecular flexibility index (Phi) is 4.73. The largest absolute Gasteiger partial charge is 0.329 e. The molecule has 2 aromatic rings. The molecule has 0 radical (unpaired) electrons. The van der Waals surface area contributed by atoms with Gasteiger partial charge in [-0.05, 0) is 43.2 Å². The summed E-state index contributed by atoms with van der Waals surface area (Å²) in [6.45, 7) is 3.86. The zero-order valence-corrected chi connectivity index (χ0v) is 9.95. The average molecular weight is 237 g/mol. The molecule has 84 valence electrons. The zero-order valence-electron chi connectivity index (χ0n) is 9.20. The fraction of sp³-hybridized carbons (Fsp3) is 0.167. The van der Waals surface area contributed by atoms with Crippen LogP contribution in [0.4, 0.5) is 0 Å². The van der Waals surface area contributed by atoms with E-state index in [-0.39, 0.29) is 5.56 Å². The number of halogens is 1. The third-order valence-electron chi connectivity index (χ3n) is 1.81. The lowest BCUT2D eigenvalue weighted by Crippen LogP contribution is -2.01. The second-order valence-electron chi connectivity index (χ2n) is 3.39. The summed E-state index contributed by atoms with van der Waals surface area (Å²) in [5.41, 5.74) is 2.10. The van der Waals surface area contributed by atoms with Crippen molar-refractivity contribution in [1.29, 1.82) is 0 Å². The van der Waals surface area contributed by atoms with Gasteiger partial charge in [0.2, 0.25) is 5.56 Å². The lowest BCUT2D eigenvalue weighted by Gasteiger charge is -1.88. The summed E-state index contributed by atoms with van der Waals surface area (Å²) in [7, 11) is 0. The molecule has 2 aromatic heterocycles. The normalized spacial score (nSPS) is 9.19. The van der Waals surface area contributed by atoms with E-state index in [4.69, 9.17) is 11.6 Å². The first-order valence-corrected chi connectivity index (χ1v) is 5.19. The van der Waals surface area contributed by atoms with Crippen LogP contribution in [0.3, 0.4) is 0 Å². The Morgan fingerprint density at radius 2 is 1.88 bits per heavy atom. The van der Waals surface area contributed by atoms with Gasteiger partial charge in [-0.3, -0.25) is 4.79 Å². The van der Waals surface area contributed by atoms with E-state index in [0.29, 0.717) is 5.15 Å². The molecule has 0 saturated carbocycles. The lowest BCUT2D eigenvalue weighted by molar-refractivity contribution is 1.21. The van der Waals surface area contributed by atoms with Crippen molar-refractivity contribution in [2.75, 3.05) is 0 Å². The predicted molar refractivity (Wildman–Crippen MR) is 65.8 cm³/mol. The fourth-order valence-corrected chi connectivity index (χ4v) is 1.28. The Morgan fingerprint density at radius 3 is 2.25 bits per heavy atom. The highest BCUT2D eigenvalue weighted by atomic mass is 35.5. The van der Waals surface area contributed by atoms with E-state index in [1.54, 1.807) is 18.5 Å². The molecule has 0 aliphatic carbocycles. The minimum Gasteiger partial charge on any atom is -0.329 e. The molecule has 0 fully saturated rings. The van der Waals surface area contributed by atoms with E-state index in [0.717, 1.165) is 11.1 Å². The van der Waals surface area contributed by atoms with Crippen LogP contribution < -0.4 is 5.56 Å². The highest BCUT2D eigenvalue weighted by molar-refractivity contribution is 6.29. The smallest absolute Gasteiger partial charge is 0.248 e. The molecule has 0 aromatic carbocycles. The first-order valence-electron chi connectivity index (χ1n) is 4.81. The zero-order chi connectivity index (χ0) is 12.0. The molecule has 16 heavy (non-hydrogen) atoms. The summed E-state index contributed by atoms with van der Waals surface area (Å²) in [5.74, 6) is 0. The first-order chi connectivity index (χ1) is 7.58. The van der Waals surface area contributed by atoms with Crippen molar-refractivity contribution in [3.8, 4) is 0 Å². The molecule has 4 heteroatoms. The SMILES string of the molecule is Cc1cc[nH]c(=O)c1.Cc1ccnc(Cl)c1. The Bertz CT molecular complexity index is 491. The monoisotopic (exact) mass is 236 g/mol. The number of aromatic nitrogens is 2. The Balaban J connectivity index is 0.000000160. The highest BCUT2D eigenvalue weighted by Gasteiger charge is 1.84. The van der Waals surface area contributed by atoms with Crippen LogP contribution in [0.2, 0.25) is 5.15 Å². The molecule has 0 saturated heterocycles. The van der Waals surface area contributed by atoms with Crippen LogP contribution in [0.1, 0.15) is 11.1 Å². The number of hydrogen-bond donors (Lipinski definition) is 1. The number of nitrogens with one attached hydrogen (secondary N) is 1. The number of H-pyrrole nitrogens is 1. The van der Waals surface area contributed by atoms with Crippen molar-refractivity contribution >= 4 is 11.6 Å². The van der Waals surface area contributed by atoms with Crippen LogP contribution in [0.5, 0.6) is 0 Å². The van der Waals surface area contributed by atoms with Crippen molar-refractivity contribution in [3.63, 3.8) is 0 Å². The number of rotatable bonds is 0. The Hall–Kier alpha value is -1.61. The molecule has 0 bridgehead atoms. The van der Waals surface area contributed by atoms with E-state index in [1.165, 1.54) is 0 Å². The summed E-state index contributed by atoms with van der Waals surface area (Å²) in [6, 6.07) is 7.13. The number of hydrogen-bond acceptors (Lipinski definition) is 2. The van der Waals surface area contributed by atoms with E-state index >= 15 is 0 Å². The summed E-state index contributed by atoms with van der Waals surface area (Å²) in [4.78, 5) is 16.8. The van der Waals surface area contributed by atoms with E-state index in [1.807, 2.05) is 32.0 Å². The molecular weight excluding hydrogens is 224 g/mol. The molecule has 3 nitrogen and oxygen atoms in total. The number of pyridine rings is 2. The van der Waals surface area contributed by atoms with Crippen LogP contribution in [0.25, 0.3) is 0 Å². The van der Waals surface area contributed by atoms with Gasteiger partial charge in [0.25, 0.3) is 0 Å². The van der Waals surface area contributed by atoms with Crippen molar-refractivity contribution in [2.45, 2.75) is 13.8 Å². The summed E-state index contributed by atoms with van der Waals surface area (Å²) >= 11 is 5.53. The molecule has 0 spiro atoms. The van der Waals surface area contributed by atoms with E-state index in [2.05, 4.69) is 9.97 Å². The summed E-state index contributed by atoms with van der Waals surface area (Å²) < 4.78 is 0. The summed E-state index contributed by atoms with van der Waals surface area (Å²) in [6.07, 6.45) is 3.33. The highest BCUT2D eigenvalue weighted by Crippen LogP contribution is 2.04. The van der Waals surface area contributed by atoms with Crippen LogP contribution in [-0.4, -0.2) is 9.97 Å². The minimum atomic E-state index is -0.0370. The van der Waals surface area contributed by atoms with Crippen molar-refractivity contribution in [3.05, 3.63) is 63.3 Å². The van der Waals surface area contributed by atoms with Crippen molar-refractivity contribution in [1.82, 2.24) is 9.97 Å². The molecule has 1 N–H and O–H groups in total. The average Bonchev–Trinajstić information content (AvgIpc) is 2.17. The van der Waals surface area contributed by atoms with Gasteiger partial charge in [0.1, 0.15) is 5.15 Å². The van der Waals surface area contributed by atoms with Crippen molar-refractivity contribution < 1.29 is 0 Å². The third kappa shape index (κ3) is 4.75. The van der Waals surface area contributed by atoms with Gasteiger partial charge in [-0.15, -0.1) is 0 Å². The first kappa shape index (κ1) is 12.5. The predicted octanol–water partition coefficient (Wildman–Crippen LogP) is 2.73. The number of nitrogens with zero attached hydrogens (tertiary/aromatic N) is 1. The topological polar surface area (TPSA) is 45.8 Å². The molecule has 0 amide bonds. The molecule has 0 aliphatic rings. The minimum absolute atomic E-state index is 0.0370. The van der Waals surface area contributed by atoms with Crippen LogP contribution in [-0.2, 0) is 0 Å². The third-order valence-corrected chi connectivity index (χ3v) is 2.02. The van der Waals surface area contributed by atoms with Gasteiger partial charge >= 0.3 is 0 Å². The molecule has 2 heterocycles. The molecule has 0 atom stereocenters. The Labute approximate surface area is 99.1 Å². The number of aryl methyl sites for hydroxylation is 2. The molecule has 0 unspecified atom stereocenters. The quantitative estimate of drug-likeness (QED) is 0.715. The lowest BCUT2D eigenvalue weighted by atomic mass is 10.3. The van der Waals surface area contributed by atoms with Gasteiger partial charge in [0.05, 0.1) is 0 Å². The second-order valence-corrected chi connectivity index (χ2v) is 3.77. The summed E-state index contributed by atoms with van der Waals surface area (Å²) in [5, 5.41) is 0.560.